The molecule has 1 atom stereocenters. The second kappa shape index (κ2) is 4.56. The van der Waals surface area contributed by atoms with Crippen molar-refractivity contribution >= 4 is 16.9 Å². The molecule has 6 heteroatoms. The molecule has 0 spiro atoms. The predicted molar refractivity (Wildman–Crippen MR) is 74.4 cm³/mol. The van der Waals surface area contributed by atoms with Gasteiger partial charge in [0.2, 0.25) is 0 Å². The summed E-state index contributed by atoms with van der Waals surface area (Å²) in [6.45, 7) is 7.20. The largest absolute Gasteiger partial charge is 0.369 e. The van der Waals surface area contributed by atoms with Crippen LogP contribution in [0, 0.1) is 0 Å². The van der Waals surface area contributed by atoms with Gasteiger partial charge in [-0.1, -0.05) is 0 Å². The molecule has 0 bridgehead atoms. The fraction of sp³-hybridized carbons (Fsp3) is 0.500. The van der Waals surface area contributed by atoms with Gasteiger partial charge >= 0.3 is 0 Å². The highest BCUT2D eigenvalue weighted by atomic mass is 16.5. The average Bonchev–Trinajstić information content (AvgIpc) is 2.82. The molecule has 3 rings (SSSR count). The molecule has 1 aliphatic rings. The number of nitrogens with zero attached hydrogens (tertiary/aromatic N) is 3. The van der Waals surface area contributed by atoms with Gasteiger partial charge in [-0.15, -0.1) is 0 Å². The number of H-pyrrole nitrogens is 1. The lowest BCUT2D eigenvalue weighted by atomic mass is 10.0. The molecule has 1 aromatic carbocycles. The van der Waals surface area contributed by atoms with Crippen LogP contribution in [-0.4, -0.2) is 51.0 Å². The molecule has 106 valence electrons. The van der Waals surface area contributed by atoms with E-state index in [1.54, 1.807) is 18.2 Å². The van der Waals surface area contributed by atoms with Gasteiger partial charge in [0.25, 0.3) is 5.91 Å². The Bertz CT molecular complexity index is 649. The van der Waals surface area contributed by atoms with Crippen molar-refractivity contribution < 1.29 is 9.53 Å². The lowest BCUT2D eigenvalue weighted by molar-refractivity contribution is -0.118. The molecule has 2 aromatic rings. The molecule has 6 nitrogen and oxygen atoms in total. The number of carbonyl (C=O) groups excluding carboxylic acids is 1. The minimum absolute atomic E-state index is 0.0122. The second-order valence-electron chi connectivity index (χ2n) is 5.90. The van der Waals surface area contributed by atoms with Gasteiger partial charge in [0.15, 0.2) is 0 Å². The zero-order valence-corrected chi connectivity index (χ0v) is 11.9. The summed E-state index contributed by atoms with van der Waals surface area (Å²) in [7, 11) is 0. The molecule has 1 unspecified atom stereocenters. The highest BCUT2D eigenvalue weighted by Gasteiger charge is 2.34. The fourth-order valence-electron chi connectivity index (χ4n) is 2.76. The van der Waals surface area contributed by atoms with Crippen LogP contribution in [0.15, 0.2) is 18.2 Å². The van der Waals surface area contributed by atoms with Gasteiger partial charge in [-0.2, -0.15) is 15.4 Å². The first kappa shape index (κ1) is 13.1. The first-order valence-electron chi connectivity index (χ1n) is 6.72. The molecule has 0 saturated carbocycles. The lowest BCUT2D eigenvalue weighted by Gasteiger charge is -2.41. The highest BCUT2D eigenvalue weighted by molar-refractivity contribution is 5.97. The Kier molecular flexibility index (Phi) is 2.97. The number of ether oxygens (including phenoxy) is 1. The molecule has 0 radical (unpaired) electrons. The van der Waals surface area contributed by atoms with Crippen LogP contribution in [0.4, 0.5) is 0 Å². The van der Waals surface area contributed by atoms with E-state index in [-0.39, 0.29) is 17.6 Å². The van der Waals surface area contributed by atoms with Gasteiger partial charge in [-0.05, 0) is 39.0 Å². The summed E-state index contributed by atoms with van der Waals surface area (Å²) in [4.78, 5) is 14.5. The van der Waals surface area contributed by atoms with E-state index in [4.69, 9.17) is 4.74 Å². The molecular formula is C14H18N4O2. The van der Waals surface area contributed by atoms with Gasteiger partial charge in [-0.3, -0.25) is 4.79 Å². The first-order chi connectivity index (χ1) is 9.44. The van der Waals surface area contributed by atoms with Crippen molar-refractivity contribution in [3.8, 4) is 0 Å². The summed E-state index contributed by atoms with van der Waals surface area (Å²) < 4.78 is 5.83. The van der Waals surface area contributed by atoms with Crippen LogP contribution in [0.25, 0.3) is 11.0 Å². The second-order valence-corrected chi connectivity index (χ2v) is 5.90. The van der Waals surface area contributed by atoms with E-state index in [9.17, 15) is 4.79 Å². The third kappa shape index (κ3) is 2.38. The van der Waals surface area contributed by atoms with E-state index in [0.29, 0.717) is 24.2 Å². The Morgan fingerprint density at radius 3 is 2.90 bits per heavy atom. The summed E-state index contributed by atoms with van der Waals surface area (Å²) in [5, 5.41) is 10.6. The molecule has 1 amide bonds. The maximum absolute atomic E-state index is 12.6. The number of morpholine rings is 1. The minimum Gasteiger partial charge on any atom is -0.369 e. The minimum atomic E-state index is -0.314. The van der Waals surface area contributed by atoms with E-state index < -0.39 is 0 Å². The van der Waals surface area contributed by atoms with Gasteiger partial charge in [0.1, 0.15) is 11.0 Å². The third-order valence-electron chi connectivity index (χ3n) is 3.42. The normalized spacial score (nSPS) is 22.1. The zero-order valence-electron chi connectivity index (χ0n) is 11.9. The number of hydrogen-bond acceptors (Lipinski definition) is 4. The maximum Gasteiger partial charge on any atom is 0.254 e. The molecule has 1 saturated heterocycles. The molecule has 20 heavy (non-hydrogen) atoms. The molecule has 1 fully saturated rings. The van der Waals surface area contributed by atoms with Crippen molar-refractivity contribution in [2.24, 2.45) is 0 Å². The number of hydrogen-bond donors (Lipinski definition) is 1. The number of aromatic amines is 1. The predicted octanol–water partition coefficient (Wildman–Crippen LogP) is 1.60. The monoisotopic (exact) mass is 274 g/mol. The van der Waals surface area contributed by atoms with E-state index in [0.717, 1.165) is 5.52 Å². The maximum atomic E-state index is 12.6. The molecule has 2 heterocycles. The molecule has 0 aliphatic carbocycles. The van der Waals surface area contributed by atoms with Crippen LogP contribution in [-0.2, 0) is 4.74 Å². The van der Waals surface area contributed by atoms with Crippen LogP contribution >= 0.6 is 0 Å². The third-order valence-corrected chi connectivity index (χ3v) is 3.42. The van der Waals surface area contributed by atoms with Crippen molar-refractivity contribution in [2.75, 3.05) is 13.1 Å². The van der Waals surface area contributed by atoms with Gasteiger partial charge in [-0.25, -0.2) is 0 Å². The van der Waals surface area contributed by atoms with Crippen molar-refractivity contribution in [2.45, 2.75) is 32.5 Å². The van der Waals surface area contributed by atoms with Crippen molar-refractivity contribution in [3.63, 3.8) is 0 Å². The standard InChI is InChI=1S/C14H18N4O2/c1-9-7-18(8-14(2,3)20-9)13(19)10-4-5-11-12(6-10)16-17-15-11/h4-6,9H,7-8H2,1-3H3,(H,15,16,17). The van der Waals surface area contributed by atoms with Crippen LogP contribution in [0.5, 0.6) is 0 Å². The number of amides is 1. The lowest BCUT2D eigenvalue weighted by Crippen LogP contribution is -2.53. The summed E-state index contributed by atoms with van der Waals surface area (Å²) in [5.41, 5.74) is 1.79. The van der Waals surface area contributed by atoms with Gasteiger partial charge in [0.05, 0.1) is 11.7 Å². The Hall–Kier alpha value is -1.95. The van der Waals surface area contributed by atoms with E-state index in [1.807, 2.05) is 25.7 Å². The molecule has 1 N–H and O–H groups in total. The van der Waals surface area contributed by atoms with E-state index in [1.165, 1.54) is 0 Å². The van der Waals surface area contributed by atoms with E-state index >= 15 is 0 Å². The zero-order chi connectivity index (χ0) is 14.3. The van der Waals surface area contributed by atoms with Crippen molar-refractivity contribution in [1.29, 1.82) is 0 Å². The summed E-state index contributed by atoms with van der Waals surface area (Å²) in [5.74, 6) is 0.0122. The van der Waals surface area contributed by atoms with Crippen molar-refractivity contribution in [3.05, 3.63) is 23.8 Å². The quantitative estimate of drug-likeness (QED) is 0.857. The Labute approximate surface area is 117 Å². The topological polar surface area (TPSA) is 71.1 Å². The SMILES string of the molecule is CC1CN(C(=O)c2ccc3n[nH]nc3c2)CC(C)(C)O1. The number of aromatic nitrogens is 3. The summed E-state index contributed by atoms with van der Waals surface area (Å²) in [6, 6.07) is 5.37. The Morgan fingerprint density at radius 2 is 2.15 bits per heavy atom. The number of benzene rings is 1. The van der Waals surface area contributed by atoms with Crippen LogP contribution in [0.2, 0.25) is 0 Å². The Morgan fingerprint density at radius 1 is 1.40 bits per heavy atom. The van der Waals surface area contributed by atoms with Crippen molar-refractivity contribution in [1.82, 2.24) is 20.3 Å². The van der Waals surface area contributed by atoms with Crippen LogP contribution < -0.4 is 0 Å². The van der Waals surface area contributed by atoms with Gasteiger partial charge in [0, 0.05) is 18.7 Å². The summed E-state index contributed by atoms with van der Waals surface area (Å²) in [6.07, 6.45) is 0.0403. The smallest absolute Gasteiger partial charge is 0.254 e. The summed E-state index contributed by atoms with van der Waals surface area (Å²) >= 11 is 0. The number of fused-ring (bicyclic) bond motifs is 1. The highest BCUT2D eigenvalue weighted by Crippen LogP contribution is 2.23. The number of rotatable bonds is 1. The molecule has 1 aliphatic heterocycles. The number of nitrogens with one attached hydrogen (secondary N) is 1. The first-order valence-corrected chi connectivity index (χ1v) is 6.72. The van der Waals surface area contributed by atoms with Gasteiger partial charge < -0.3 is 9.64 Å². The Balaban J connectivity index is 1.87. The average molecular weight is 274 g/mol. The van der Waals surface area contributed by atoms with Crippen LogP contribution in [0.1, 0.15) is 31.1 Å². The fourth-order valence-corrected chi connectivity index (χ4v) is 2.76. The van der Waals surface area contributed by atoms with E-state index in [2.05, 4.69) is 15.4 Å². The molecule has 1 aromatic heterocycles. The van der Waals surface area contributed by atoms with Crippen LogP contribution in [0.3, 0.4) is 0 Å². The molecular weight excluding hydrogens is 256 g/mol. The number of carbonyl (C=O) groups is 1.